The number of rotatable bonds is 13. The third-order valence-corrected chi connectivity index (χ3v) is 9.06. The first-order valence-corrected chi connectivity index (χ1v) is 16.6. The maximum atomic E-state index is 14.8. The van der Waals surface area contributed by atoms with E-state index in [-0.39, 0.29) is 24.4 Å². The van der Waals surface area contributed by atoms with Crippen LogP contribution >= 0.6 is 11.6 Å². The van der Waals surface area contributed by atoms with Crippen molar-refractivity contribution in [2.75, 3.05) is 13.2 Å². The summed E-state index contributed by atoms with van der Waals surface area (Å²) in [5, 5.41) is 0.553. The van der Waals surface area contributed by atoms with Crippen molar-refractivity contribution in [2.45, 2.75) is 77.2 Å². The Bertz CT molecular complexity index is 1640. The summed E-state index contributed by atoms with van der Waals surface area (Å²) in [6.45, 7) is 9.14. The van der Waals surface area contributed by atoms with E-state index in [0.29, 0.717) is 31.3 Å². The summed E-state index contributed by atoms with van der Waals surface area (Å²) in [7, 11) is 0. The van der Waals surface area contributed by atoms with Crippen molar-refractivity contribution in [1.82, 2.24) is 0 Å². The number of ether oxygens (including phenoxy) is 6. The number of benzene rings is 4. The van der Waals surface area contributed by atoms with Crippen molar-refractivity contribution in [3.8, 4) is 5.75 Å². The lowest BCUT2D eigenvalue weighted by Crippen LogP contribution is -2.63. The van der Waals surface area contributed by atoms with Crippen LogP contribution in [0, 0.1) is 11.7 Å². The summed E-state index contributed by atoms with van der Waals surface area (Å²) in [6.07, 6.45) is -0.846. The van der Waals surface area contributed by atoms with Crippen molar-refractivity contribution in [2.24, 2.45) is 5.92 Å². The Balaban J connectivity index is 1.37. The zero-order valence-corrected chi connectivity index (χ0v) is 28.0. The van der Waals surface area contributed by atoms with E-state index in [1.165, 1.54) is 6.07 Å². The quantitative estimate of drug-likeness (QED) is 0.143. The number of fused-ring (bicyclic) bond motifs is 2. The molecule has 0 radical (unpaired) electrons. The summed E-state index contributed by atoms with van der Waals surface area (Å²) < 4.78 is 53.9. The number of hydrogen-bond donors (Lipinski definition) is 0. The molecule has 0 aliphatic carbocycles. The highest BCUT2D eigenvalue weighted by Gasteiger charge is 2.69. The average Bonchev–Trinajstić information content (AvgIpc) is 3.40. The summed E-state index contributed by atoms with van der Waals surface area (Å²) in [5.41, 5.74) is 4.37. The van der Waals surface area contributed by atoms with Gasteiger partial charge in [0.15, 0.2) is 11.6 Å². The van der Waals surface area contributed by atoms with E-state index in [4.69, 9.17) is 40.0 Å². The maximum absolute atomic E-state index is 14.8. The third-order valence-electron chi connectivity index (χ3n) is 8.69. The Labute approximate surface area is 281 Å². The first-order valence-electron chi connectivity index (χ1n) is 16.3. The summed E-state index contributed by atoms with van der Waals surface area (Å²) in [6, 6.07) is 30.8. The lowest BCUT2D eigenvalue weighted by Gasteiger charge is -2.50. The average molecular weight is 661 g/mol. The minimum atomic E-state index is -1.32. The molecular formula is C39H42ClFO6. The molecule has 4 aromatic carbocycles. The first kappa shape index (κ1) is 33.6. The lowest BCUT2D eigenvalue weighted by atomic mass is 9.81. The molecule has 0 saturated carbocycles. The molecule has 47 heavy (non-hydrogen) atoms. The van der Waals surface area contributed by atoms with Crippen LogP contribution in [0.15, 0.2) is 97.1 Å². The molecule has 2 fully saturated rings. The van der Waals surface area contributed by atoms with E-state index < -0.39 is 29.6 Å². The van der Waals surface area contributed by atoms with Gasteiger partial charge >= 0.3 is 0 Å². The van der Waals surface area contributed by atoms with E-state index >= 15 is 0 Å². The Kier molecular flexibility index (Phi) is 10.3. The largest absolute Gasteiger partial charge is 0.491 e. The van der Waals surface area contributed by atoms with Gasteiger partial charge in [-0.15, -0.1) is 0 Å². The van der Waals surface area contributed by atoms with Gasteiger partial charge in [-0.2, -0.15) is 0 Å². The fourth-order valence-electron chi connectivity index (χ4n) is 6.67. The SMILES string of the molecule is CCOc1ccc(Cc2cc(C34OC[C@](OC(C)C)(O3)[C@H](OCc3ccccc3)[C@H](C)C4OCc3ccccc3)ccc2Cl)cc1F. The van der Waals surface area contributed by atoms with Crippen LogP contribution in [-0.4, -0.2) is 37.3 Å². The highest BCUT2D eigenvalue weighted by Crippen LogP contribution is 2.55. The summed E-state index contributed by atoms with van der Waals surface area (Å²) in [4.78, 5) is 0. The molecule has 2 saturated heterocycles. The molecule has 6 rings (SSSR count). The Morgan fingerprint density at radius 3 is 2.13 bits per heavy atom. The van der Waals surface area contributed by atoms with Gasteiger partial charge in [0.2, 0.25) is 11.6 Å². The predicted octanol–water partition coefficient (Wildman–Crippen LogP) is 8.61. The zero-order chi connectivity index (χ0) is 33.0. The van der Waals surface area contributed by atoms with Crippen LogP contribution in [0.5, 0.6) is 5.75 Å². The molecule has 0 amide bonds. The monoisotopic (exact) mass is 660 g/mol. The van der Waals surface area contributed by atoms with Gasteiger partial charge in [-0.05, 0) is 73.7 Å². The normalized spacial score (nSPS) is 25.3. The van der Waals surface area contributed by atoms with Crippen LogP contribution in [0.1, 0.15) is 55.5 Å². The molecule has 2 heterocycles. The molecule has 2 unspecified atom stereocenters. The molecule has 2 aliphatic rings. The van der Waals surface area contributed by atoms with E-state index in [9.17, 15) is 4.39 Å². The van der Waals surface area contributed by atoms with E-state index in [1.54, 1.807) is 6.07 Å². The highest BCUT2D eigenvalue weighted by atomic mass is 35.5. The van der Waals surface area contributed by atoms with Crippen LogP contribution in [0.25, 0.3) is 0 Å². The predicted molar refractivity (Wildman–Crippen MR) is 179 cm³/mol. The molecule has 5 atom stereocenters. The second-order valence-electron chi connectivity index (χ2n) is 12.5. The molecule has 248 valence electrons. The fourth-order valence-corrected chi connectivity index (χ4v) is 6.86. The number of halogens is 2. The van der Waals surface area contributed by atoms with E-state index in [2.05, 4.69) is 6.92 Å². The van der Waals surface area contributed by atoms with Gasteiger partial charge in [0.1, 0.15) is 18.8 Å². The van der Waals surface area contributed by atoms with E-state index in [0.717, 1.165) is 27.8 Å². The van der Waals surface area contributed by atoms with Gasteiger partial charge in [-0.1, -0.05) is 91.3 Å². The minimum Gasteiger partial charge on any atom is -0.491 e. The Morgan fingerprint density at radius 2 is 1.51 bits per heavy atom. The summed E-state index contributed by atoms with van der Waals surface area (Å²) in [5.74, 6) is -2.91. The molecular weight excluding hydrogens is 619 g/mol. The fraction of sp³-hybridized carbons (Fsp3) is 0.385. The van der Waals surface area contributed by atoms with Gasteiger partial charge in [0, 0.05) is 16.5 Å². The molecule has 0 spiro atoms. The highest BCUT2D eigenvalue weighted by molar-refractivity contribution is 6.31. The zero-order valence-electron chi connectivity index (χ0n) is 27.3. The molecule has 6 nitrogen and oxygen atoms in total. The van der Waals surface area contributed by atoms with Crippen LogP contribution in [0.2, 0.25) is 5.02 Å². The standard InChI is InChI=1S/C39H42ClFO6/c1-5-42-35-19-16-30(21-34(35)41)20-31-22-32(17-18-33(31)40)39-37(44-24-29-14-10-7-11-15-29)27(4)36(43-23-28-12-8-6-9-13-28)38(47-39,25-45-39)46-26(2)3/h6-19,21-22,26-27,36-37H,5,20,23-25H2,1-4H3/t27-,36+,37?,38-,39?/m0/s1. The van der Waals surface area contributed by atoms with Crippen LogP contribution < -0.4 is 4.74 Å². The lowest BCUT2D eigenvalue weighted by molar-refractivity contribution is -0.389. The van der Waals surface area contributed by atoms with Crippen LogP contribution in [0.4, 0.5) is 4.39 Å². The van der Waals surface area contributed by atoms with Gasteiger partial charge in [0.05, 0.1) is 25.9 Å². The maximum Gasteiger partial charge on any atom is 0.225 e. The molecule has 0 aromatic heterocycles. The molecule has 0 N–H and O–H groups in total. The Hall–Kier alpha value is -3.30. The van der Waals surface area contributed by atoms with Crippen molar-refractivity contribution in [3.63, 3.8) is 0 Å². The smallest absolute Gasteiger partial charge is 0.225 e. The second kappa shape index (κ2) is 14.4. The number of hydrogen-bond acceptors (Lipinski definition) is 6. The molecule has 4 aromatic rings. The van der Waals surface area contributed by atoms with Crippen molar-refractivity contribution in [3.05, 3.63) is 136 Å². The summed E-state index contributed by atoms with van der Waals surface area (Å²) >= 11 is 6.75. The third kappa shape index (κ3) is 7.12. The van der Waals surface area contributed by atoms with Crippen molar-refractivity contribution in [1.29, 1.82) is 0 Å². The minimum absolute atomic E-state index is 0.141. The van der Waals surface area contributed by atoms with Gasteiger partial charge in [-0.25, -0.2) is 4.39 Å². The Morgan fingerprint density at radius 1 is 0.851 bits per heavy atom. The van der Waals surface area contributed by atoms with Crippen LogP contribution in [0.3, 0.4) is 0 Å². The topological polar surface area (TPSA) is 55.4 Å². The first-order chi connectivity index (χ1) is 22.7. The van der Waals surface area contributed by atoms with Gasteiger partial charge in [-0.3, -0.25) is 0 Å². The van der Waals surface area contributed by atoms with Crippen molar-refractivity contribution >= 4 is 11.6 Å². The molecule has 2 bridgehead atoms. The van der Waals surface area contributed by atoms with Crippen LogP contribution in [-0.2, 0) is 49.1 Å². The molecule has 8 heteroatoms. The van der Waals surface area contributed by atoms with Gasteiger partial charge in [0.25, 0.3) is 0 Å². The molecule has 2 aliphatic heterocycles. The second-order valence-corrected chi connectivity index (χ2v) is 12.9. The van der Waals surface area contributed by atoms with Gasteiger partial charge < -0.3 is 28.4 Å². The van der Waals surface area contributed by atoms with E-state index in [1.807, 2.05) is 106 Å². The van der Waals surface area contributed by atoms with Crippen molar-refractivity contribution < 1.29 is 32.8 Å².